The van der Waals surface area contributed by atoms with Crippen LogP contribution in [0.5, 0.6) is 0 Å². The summed E-state index contributed by atoms with van der Waals surface area (Å²) in [6, 6.07) is 4.86. The Labute approximate surface area is 121 Å². The van der Waals surface area contributed by atoms with Crippen molar-refractivity contribution in [3.05, 3.63) is 34.1 Å². The third-order valence-electron chi connectivity index (χ3n) is 3.40. The van der Waals surface area contributed by atoms with Gasteiger partial charge in [-0.3, -0.25) is 9.69 Å². The number of aliphatic carboxylic acids is 1. The lowest BCUT2D eigenvalue weighted by Gasteiger charge is -2.33. The van der Waals surface area contributed by atoms with Gasteiger partial charge in [0.2, 0.25) is 0 Å². The lowest BCUT2D eigenvalue weighted by atomic mass is 10.0. The molecule has 1 aromatic carbocycles. The summed E-state index contributed by atoms with van der Waals surface area (Å²) in [6.07, 6.45) is 0.861. The van der Waals surface area contributed by atoms with Crippen molar-refractivity contribution in [2.75, 3.05) is 6.54 Å². The number of halogens is 2. The molecule has 19 heavy (non-hydrogen) atoms. The monoisotopic (exact) mass is 331 g/mol. The van der Waals surface area contributed by atoms with Crippen LogP contribution in [0.3, 0.4) is 0 Å². The highest BCUT2D eigenvalue weighted by molar-refractivity contribution is 9.10. The molecule has 2 atom stereocenters. The maximum atomic E-state index is 13.2. The molecule has 0 bridgehead atoms. The second kappa shape index (κ2) is 7.01. The van der Waals surface area contributed by atoms with Crippen molar-refractivity contribution >= 4 is 21.9 Å². The van der Waals surface area contributed by atoms with Crippen LogP contribution in [0, 0.1) is 5.82 Å². The first kappa shape index (κ1) is 16.1. The normalized spacial score (nSPS) is 14.4. The predicted octanol–water partition coefficient (Wildman–Crippen LogP) is 3.83. The molecule has 106 valence electrons. The van der Waals surface area contributed by atoms with Crippen LogP contribution in [-0.2, 0) is 4.79 Å². The molecule has 3 nitrogen and oxygen atoms in total. The molecule has 0 aliphatic carbocycles. The third-order valence-corrected chi connectivity index (χ3v) is 4.01. The minimum atomic E-state index is -0.853. The van der Waals surface area contributed by atoms with Gasteiger partial charge < -0.3 is 5.11 Å². The Kier molecular flexibility index (Phi) is 5.94. The van der Waals surface area contributed by atoms with Gasteiger partial charge in [-0.1, -0.05) is 13.0 Å². The van der Waals surface area contributed by atoms with E-state index in [0.29, 0.717) is 4.47 Å². The number of hydrogen-bond acceptors (Lipinski definition) is 2. The van der Waals surface area contributed by atoms with E-state index in [0.717, 1.165) is 12.0 Å². The predicted molar refractivity (Wildman–Crippen MR) is 76.6 cm³/mol. The van der Waals surface area contributed by atoms with Crippen molar-refractivity contribution in [3.8, 4) is 0 Å². The zero-order chi connectivity index (χ0) is 14.6. The van der Waals surface area contributed by atoms with Crippen LogP contribution in [0.15, 0.2) is 22.7 Å². The van der Waals surface area contributed by atoms with Crippen molar-refractivity contribution in [1.29, 1.82) is 0 Å². The quantitative estimate of drug-likeness (QED) is 0.861. The summed E-state index contributed by atoms with van der Waals surface area (Å²) in [5.41, 5.74) is 0.898. The molecule has 0 aromatic heterocycles. The molecule has 0 saturated carbocycles. The molecule has 0 saturated heterocycles. The van der Waals surface area contributed by atoms with Crippen molar-refractivity contribution in [2.24, 2.45) is 0 Å². The molecular formula is C14H19BrFNO2. The topological polar surface area (TPSA) is 40.5 Å². The highest BCUT2D eigenvalue weighted by atomic mass is 79.9. The number of carboxylic acids is 1. The van der Waals surface area contributed by atoms with Crippen LogP contribution in [0.4, 0.5) is 4.39 Å². The van der Waals surface area contributed by atoms with E-state index < -0.39 is 5.97 Å². The van der Waals surface area contributed by atoms with Gasteiger partial charge >= 0.3 is 5.97 Å². The van der Waals surface area contributed by atoms with E-state index in [1.165, 1.54) is 6.07 Å². The first-order chi connectivity index (χ1) is 8.86. The maximum Gasteiger partial charge on any atom is 0.317 e. The van der Waals surface area contributed by atoms with Crippen LogP contribution in [0.2, 0.25) is 0 Å². The molecule has 0 heterocycles. The van der Waals surface area contributed by atoms with Crippen LogP contribution < -0.4 is 0 Å². The van der Waals surface area contributed by atoms with E-state index in [1.807, 2.05) is 25.7 Å². The number of carboxylic acid groups (broad SMARTS) is 1. The van der Waals surface area contributed by atoms with Crippen LogP contribution in [0.25, 0.3) is 0 Å². The smallest absolute Gasteiger partial charge is 0.317 e. The first-order valence-corrected chi connectivity index (χ1v) is 7.08. The minimum absolute atomic E-state index is 0.0226. The molecule has 1 N–H and O–H groups in total. The standard InChI is InChI=1S/C14H19BrFNO2/c1-4-9(2)17(8-14(18)19)10(3)11-5-6-13(16)12(15)7-11/h5-7,9-10H,4,8H2,1-3H3,(H,18,19). The lowest BCUT2D eigenvalue weighted by molar-refractivity contribution is -0.139. The van der Waals surface area contributed by atoms with E-state index in [-0.39, 0.29) is 24.4 Å². The molecule has 0 aliphatic rings. The summed E-state index contributed by atoms with van der Waals surface area (Å²) in [4.78, 5) is 12.9. The maximum absolute atomic E-state index is 13.2. The van der Waals surface area contributed by atoms with Gasteiger partial charge in [0.05, 0.1) is 11.0 Å². The van der Waals surface area contributed by atoms with Crippen molar-refractivity contribution in [3.63, 3.8) is 0 Å². The Morgan fingerprint density at radius 1 is 1.47 bits per heavy atom. The van der Waals surface area contributed by atoms with Crippen molar-refractivity contribution in [1.82, 2.24) is 4.90 Å². The van der Waals surface area contributed by atoms with Gasteiger partial charge in [-0.05, 0) is 53.9 Å². The number of rotatable bonds is 6. The first-order valence-electron chi connectivity index (χ1n) is 6.29. The summed E-state index contributed by atoms with van der Waals surface area (Å²) >= 11 is 3.16. The van der Waals surface area contributed by atoms with Gasteiger partial charge in [-0.25, -0.2) is 4.39 Å². The van der Waals surface area contributed by atoms with Gasteiger partial charge in [-0.2, -0.15) is 0 Å². The molecule has 0 amide bonds. The zero-order valence-electron chi connectivity index (χ0n) is 11.4. The number of carbonyl (C=O) groups is 1. The van der Waals surface area contributed by atoms with Gasteiger partial charge in [0.1, 0.15) is 5.82 Å². The van der Waals surface area contributed by atoms with E-state index in [9.17, 15) is 9.18 Å². The van der Waals surface area contributed by atoms with Gasteiger partial charge in [0, 0.05) is 12.1 Å². The summed E-state index contributed by atoms with van der Waals surface area (Å²) in [7, 11) is 0. The SMILES string of the molecule is CCC(C)N(CC(=O)O)C(C)c1ccc(F)c(Br)c1. The third kappa shape index (κ3) is 4.28. The largest absolute Gasteiger partial charge is 0.480 e. The molecule has 0 radical (unpaired) electrons. The van der Waals surface area contributed by atoms with Crippen LogP contribution in [0.1, 0.15) is 38.8 Å². The Balaban J connectivity index is 3.00. The fourth-order valence-corrected chi connectivity index (χ4v) is 2.43. The number of benzene rings is 1. The fraction of sp³-hybridized carbons (Fsp3) is 0.500. The van der Waals surface area contributed by atoms with Gasteiger partial charge in [-0.15, -0.1) is 0 Å². The van der Waals surface area contributed by atoms with E-state index in [4.69, 9.17) is 5.11 Å². The Bertz CT molecular complexity index is 453. The van der Waals surface area contributed by atoms with Crippen LogP contribution in [-0.4, -0.2) is 28.6 Å². The molecule has 1 rings (SSSR count). The summed E-state index contributed by atoms with van der Waals surface area (Å²) in [5.74, 6) is -1.17. The second-order valence-electron chi connectivity index (χ2n) is 4.67. The van der Waals surface area contributed by atoms with Crippen molar-refractivity contribution < 1.29 is 14.3 Å². The molecule has 5 heteroatoms. The average molecular weight is 332 g/mol. The Morgan fingerprint density at radius 2 is 2.11 bits per heavy atom. The fourth-order valence-electron chi connectivity index (χ4n) is 2.03. The van der Waals surface area contributed by atoms with E-state index in [1.54, 1.807) is 12.1 Å². The number of nitrogens with zero attached hydrogens (tertiary/aromatic N) is 1. The summed E-state index contributed by atoms with van der Waals surface area (Å²) in [6.45, 7) is 5.94. The molecule has 2 unspecified atom stereocenters. The zero-order valence-corrected chi connectivity index (χ0v) is 12.9. The lowest BCUT2D eigenvalue weighted by Crippen LogP contribution is -2.39. The Hall–Kier alpha value is -0.940. The van der Waals surface area contributed by atoms with E-state index in [2.05, 4.69) is 15.9 Å². The highest BCUT2D eigenvalue weighted by Gasteiger charge is 2.23. The summed E-state index contributed by atoms with van der Waals surface area (Å²) < 4.78 is 13.6. The number of hydrogen-bond donors (Lipinski definition) is 1. The van der Waals surface area contributed by atoms with E-state index >= 15 is 0 Å². The van der Waals surface area contributed by atoms with Crippen molar-refractivity contribution in [2.45, 2.75) is 39.3 Å². The molecule has 0 aliphatic heterocycles. The molecule has 1 aromatic rings. The van der Waals surface area contributed by atoms with Crippen LogP contribution >= 0.6 is 15.9 Å². The molecule has 0 fully saturated rings. The van der Waals surface area contributed by atoms with Gasteiger partial charge in [0.15, 0.2) is 0 Å². The highest BCUT2D eigenvalue weighted by Crippen LogP contribution is 2.27. The second-order valence-corrected chi connectivity index (χ2v) is 5.53. The summed E-state index contributed by atoms with van der Waals surface area (Å²) in [5, 5.41) is 9.01. The minimum Gasteiger partial charge on any atom is -0.480 e. The molecule has 0 spiro atoms. The molecular weight excluding hydrogens is 313 g/mol. The van der Waals surface area contributed by atoms with Gasteiger partial charge in [0.25, 0.3) is 0 Å². The average Bonchev–Trinajstić information content (AvgIpc) is 2.37. The Morgan fingerprint density at radius 3 is 2.58 bits per heavy atom.